The molecule has 2 aromatic heterocycles. The lowest BCUT2D eigenvalue weighted by Crippen LogP contribution is -2.14. The molecule has 0 radical (unpaired) electrons. The number of fused-ring (bicyclic) bond motifs is 1. The molecular formula is C16H17N3O2S2. The second-order valence-electron chi connectivity index (χ2n) is 6.38. The monoisotopic (exact) mass is 347 g/mol. The van der Waals surface area contributed by atoms with Gasteiger partial charge in [-0.15, -0.1) is 0 Å². The minimum absolute atomic E-state index is 0.0290. The zero-order chi connectivity index (χ0) is 16.8. The van der Waals surface area contributed by atoms with Crippen LogP contribution in [0, 0.1) is 4.64 Å². The molecule has 0 atom stereocenters. The quantitative estimate of drug-likeness (QED) is 0.719. The predicted molar refractivity (Wildman–Crippen MR) is 92.6 cm³/mol. The van der Waals surface area contributed by atoms with Crippen molar-refractivity contribution in [3.05, 3.63) is 52.9 Å². The Labute approximate surface area is 140 Å². The lowest BCUT2D eigenvalue weighted by atomic mass is 9.87. The Kier molecular flexibility index (Phi) is 3.65. The highest BCUT2D eigenvalue weighted by atomic mass is 32.2. The molecule has 0 saturated heterocycles. The third kappa shape index (κ3) is 2.82. The first-order chi connectivity index (χ1) is 10.7. The Morgan fingerprint density at radius 3 is 2.39 bits per heavy atom. The van der Waals surface area contributed by atoms with Gasteiger partial charge in [0.1, 0.15) is 4.64 Å². The topological polar surface area (TPSA) is 67.8 Å². The maximum absolute atomic E-state index is 12.8. The van der Waals surface area contributed by atoms with E-state index in [1.54, 1.807) is 18.2 Å². The number of hydrogen-bond donors (Lipinski definition) is 1. The molecule has 0 unspecified atom stereocenters. The first kappa shape index (κ1) is 15.9. The van der Waals surface area contributed by atoms with Gasteiger partial charge in [0.2, 0.25) is 0 Å². The molecule has 2 heterocycles. The fourth-order valence-corrected chi connectivity index (χ4v) is 3.81. The van der Waals surface area contributed by atoms with Gasteiger partial charge in [-0.3, -0.25) is 0 Å². The Bertz CT molecular complexity index is 1020. The summed E-state index contributed by atoms with van der Waals surface area (Å²) in [6.07, 6.45) is 2.92. The van der Waals surface area contributed by atoms with Gasteiger partial charge in [-0.2, -0.15) is 0 Å². The van der Waals surface area contributed by atoms with Crippen LogP contribution in [0.3, 0.4) is 0 Å². The van der Waals surface area contributed by atoms with Crippen LogP contribution in [0.1, 0.15) is 26.3 Å². The molecule has 0 bridgehead atoms. The molecule has 5 nitrogen and oxygen atoms in total. The Hall–Kier alpha value is -1.99. The molecule has 1 N–H and O–H groups in total. The summed E-state index contributed by atoms with van der Waals surface area (Å²) in [7, 11) is -3.70. The molecule has 0 saturated carbocycles. The van der Waals surface area contributed by atoms with Crippen molar-refractivity contribution in [1.82, 2.24) is 13.9 Å². The smallest absolute Gasteiger partial charge is 0.269 e. The molecule has 0 aliphatic rings. The molecular weight excluding hydrogens is 330 g/mol. The average Bonchev–Trinajstić information content (AvgIpc) is 2.90. The molecule has 1 aromatic carbocycles. The van der Waals surface area contributed by atoms with Gasteiger partial charge < -0.3 is 4.98 Å². The fourth-order valence-electron chi connectivity index (χ4n) is 2.35. The molecule has 0 aliphatic carbocycles. The summed E-state index contributed by atoms with van der Waals surface area (Å²) in [6, 6.07) is 8.61. The van der Waals surface area contributed by atoms with Crippen molar-refractivity contribution in [2.24, 2.45) is 0 Å². The molecule has 0 fully saturated rings. The van der Waals surface area contributed by atoms with Gasteiger partial charge in [0.15, 0.2) is 5.65 Å². The highest BCUT2D eigenvalue weighted by Gasteiger charge is 2.21. The highest BCUT2D eigenvalue weighted by molar-refractivity contribution is 7.90. The van der Waals surface area contributed by atoms with Crippen molar-refractivity contribution in [2.75, 3.05) is 0 Å². The number of aromatic nitrogens is 3. The van der Waals surface area contributed by atoms with Crippen LogP contribution < -0.4 is 0 Å². The lowest BCUT2D eigenvalue weighted by Gasteiger charge is -2.19. The third-order valence-corrected chi connectivity index (χ3v) is 5.55. The largest absolute Gasteiger partial charge is 0.342 e. The summed E-state index contributed by atoms with van der Waals surface area (Å²) < 4.78 is 27.3. The SMILES string of the molecule is CC(C)(C)c1ccc(S(=O)(=O)n2ccc3[nH]c(=S)cnc32)cc1. The second-order valence-corrected chi connectivity index (χ2v) is 8.63. The van der Waals surface area contributed by atoms with Crippen molar-refractivity contribution in [3.63, 3.8) is 0 Å². The first-order valence-corrected chi connectivity index (χ1v) is 8.97. The molecule has 0 amide bonds. The summed E-state index contributed by atoms with van der Waals surface area (Å²) in [5, 5.41) is 0. The number of benzene rings is 1. The molecule has 0 aliphatic heterocycles. The van der Waals surface area contributed by atoms with Gasteiger partial charge in [-0.1, -0.05) is 45.1 Å². The Balaban J connectivity index is 2.12. The van der Waals surface area contributed by atoms with Crippen molar-refractivity contribution >= 4 is 33.4 Å². The molecule has 23 heavy (non-hydrogen) atoms. The number of rotatable bonds is 2. The van der Waals surface area contributed by atoms with Crippen molar-refractivity contribution < 1.29 is 8.42 Å². The number of hydrogen-bond acceptors (Lipinski definition) is 4. The van der Waals surface area contributed by atoms with E-state index in [0.717, 1.165) is 5.56 Å². The van der Waals surface area contributed by atoms with Crippen LogP contribution in [0.4, 0.5) is 0 Å². The minimum Gasteiger partial charge on any atom is -0.342 e. The molecule has 0 spiro atoms. The van der Waals surface area contributed by atoms with E-state index in [1.165, 1.54) is 16.4 Å². The summed E-state index contributed by atoms with van der Waals surface area (Å²) in [6.45, 7) is 6.26. The van der Waals surface area contributed by atoms with E-state index in [0.29, 0.717) is 15.8 Å². The average molecular weight is 347 g/mol. The van der Waals surface area contributed by atoms with Gasteiger partial charge in [0.25, 0.3) is 10.0 Å². The summed E-state index contributed by atoms with van der Waals surface area (Å²) >= 11 is 5.01. The maximum Gasteiger partial charge on any atom is 0.269 e. The maximum atomic E-state index is 12.8. The van der Waals surface area contributed by atoms with Gasteiger partial charge in [0, 0.05) is 6.20 Å². The van der Waals surface area contributed by atoms with Gasteiger partial charge >= 0.3 is 0 Å². The van der Waals surface area contributed by atoms with E-state index in [-0.39, 0.29) is 10.3 Å². The van der Waals surface area contributed by atoms with Crippen LogP contribution in [0.15, 0.2) is 47.6 Å². The Morgan fingerprint density at radius 2 is 1.78 bits per heavy atom. The van der Waals surface area contributed by atoms with Crippen LogP contribution in [-0.4, -0.2) is 22.4 Å². The summed E-state index contributed by atoms with van der Waals surface area (Å²) in [5.41, 5.74) is 1.97. The molecule has 3 aromatic rings. The van der Waals surface area contributed by atoms with Crippen LogP contribution in [-0.2, 0) is 15.4 Å². The highest BCUT2D eigenvalue weighted by Crippen LogP contribution is 2.25. The minimum atomic E-state index is -3.70. The third-order valence-electron chi connectivity index (χ3n) is 3.67. The Morgan fingerprint density at radius 1 is 1.13 bits per heavy atom. The number of aromatic amines is 1. The van der Waals surface area contributed by atoms with Gasteiger partial charge in [0.05, 0.1) is 16.6 Å². The predicted octanol–water partition coefficient (Wildman–Crippen LogP) is 3.63. The number of H-pyrrole nitrogens is 1. The second kappa shape index (κ2) is 5.28. The van der Waals surface area contributed by atoms with E-state index in [2.05, 4.69) is 30.7 Å². The first-order valence-electron chi connectivity index (χ1n) is 7.12. The van der Waals surface area contributed by atoms with Crippen molar-refractivity contribution in [2.45, 2.75) is 31.1 Å². The van der Waals surface area contributed by atoms with Gasteiger partial charge in [-0.05, 0) is 29.2 Å². The van der Waals surface area contributed by atoms with E-state index in [4.69, 9.17) is 12.2 Å². The zero-order valence-electron chi connectivity index (χ0n) is 13.1. The van der Waals surface area contributed by atoms with E-state index < -0.39 is 10.0 Å². The van der Waals surface area contributed by atoms with Crippen molar-refractivity contribution in [3.8, 4) is 0 Å². The summed E-state index contributed by atoms with van der Waals surface area (Å²) in [5.74, 6) is 0. The van der Waals surface area contributed by atoms with Crippen LogP contribution in [0.2, 0.25) is 0 Å². The lowest BCUT2D eigenvalue weighted by molar-refractivity contribution is 0.583. The normalized spacial score (nSPS) is 12.7. The zero-order valence-corrected chi connectivity index (χ0v) is 14.7. The van der Waals surface area contributed by atoms with E-state index in [1.807, 2.05) is 12.1 Å². The molecule has 3 rings (SSSR count). The standard InChI is InChI=1S/C16H17N3O2S2/c1-16(2,3)11-4-6-12(7-5-11)23(20,21)19-9-8-13-15(19)17-10-14(22)18-13/h4-10H,1-3H3,(H,18,22). The van der Waals surface area contributed by atoms with Crippen molar-refractivity contribution in [1.29, 1.82) is 0 Å². The molecule has 120 valence electrons. The number of nitrogens with zero attached hydrogens (tertiary/aromatic N) is 2. The van der Waals surface area contributed by atoms with E-state index >= 15 is 0 Å². The summed E-state index contributed by atoms with van der Waals surface area (Å²) in [4.78, 5) is 7.30. The van der Waals surface area contributed by atoms with Gasteiger partial charge in [-0.25, -0.2) is 17.4 Å². The number of nitrogens with one attached hydrogen (secondary N) is 1. The van der Waals surface area contributed by atoms with Crippen LogP contribution >= 0.6 is 12.2 Å². The van der Waals surface area contributed by atoms with E-state index in [9.17, 15) is 8.42 Å². The van der Waals surface area contributed by atoms with Crippen LogP contribution in [0.5, 0.6) is 0 Å². The fraction of sp³-hybridized carbons (Fsp3) is 0.250. The molecule has 7 heteroatoms. The van der Waals surface area contributed by atoms with Crippen LogP contribution in [0.25, 0.3) is 11.2 Å².